The summed E-state index contributed by atoms with van der Waals surface area (Å²) in [6, 6.07) is 15.2. The molecule has 2 N–H and O–H groups in total. The van der Waals surface area contributed by atoms with Crippen LogP contribution < -0.4 is 10.6 Å². The third kappa shape index (κ3) is 5.62. The highest BCUT2D eigenvalue weighted by molar-refractivity contribution is 7.13. The summed E-state index contributed by atoms with van der Waals surface area (Å²) >= 11 is 1.46. The molecular formula is C22H21N3O2S. The first kappa shape index (κ1) is 19.5. The topological polar surface area (TPSA) is 71.1 Å². The van der Waals surface area contributed by atoms with Crippen molar-refractivity contribution in [3.8, 4) is 0 Å². The number of ketones is 1. The number of carbonyl (C=O) groups is 2. The highest BCUT2D eigenvalue weighted by atomic mass is 32.1. The van der Waals surface area contributed by atoms with Gasteiger partial charge in [0.1, 0.15) is 0 Å². The van der Waals surface area contributed by atoms with Crippen molar-refractivity contribution in [1.29, 1.82) is 0 Å². The summed E-state index contributed by atoms with van der Waals surface area (Å²) < 4.78 is 0. The minimum Gasteiger partial charge on any atom is -0.347 e. The van der Waals surface area contributed by atoms with E-state index in [-0.39, 0.29) is 11.7 Å². The maximum absolute atomic E-state index is 12.0. The molecule has 0 saturated carbocycles. The zero-order valence-electron chi connectivity index (χ0n) is 15.7. The molecule has 6 heteroatoms. The van der Waals surface area contributed by atoms with Crippen molar-refractivity contribution >= 4 is 39.9 Å². The number of benzene rings is 2. The maximum Gasteiger partial charge on any atom is 0.244 e. The molecular weight excluding hydrogens is 370 g/mol. The number of thiazole rings is 1. The van der Waals surface area contributed by atoms with Gasteiger partial charge in [0.05, 0.1) is 12.2 Å². The molecule has 0 radical (unpaired) electrons. The number of hydrogen-bond donors (Lipinski definition) is 2. The van der Waals surface area contributed by atoms with Crippen molar-refractivity contribution in [1.82, 2.24) is 10.3 Å². The summed E-state index contributed by atoms with van der Waals surface area (Å²) in [5, 5.41) is 8.66. The summed E-state index contributed by atoms with van der Waals surface area (Å²) in [6.07, 6.45) is 3.31. The van der Waals surface area contributed by atoms with Gasteiger partial charge in [0, 0.05) is 22.7 Å². The Morgan fingerprint density at radius 1 is 1.07 bits per heavy atom. The fourth-order valence-electron chi connectivity index (χ4n) is 2.44. The van der Waals surface area contributed by atoms with Gasteiger partial charge in [-0.2, -0.15) is 0 Å². The summed E-state index contributed by atoms with van der Waals surface area (Å²) in [4.78, 5) is 27.8. The van der Waals surface area contributed by atoms with Gasteiger partial charge in [-0.15, -0.1) is 11.3 Å². The molecule has 1 aromatic heterocycles. The van der Waals surface area contributed by atoms with Crippen LogP contribution >= 0.6 is 11.3 Å². The predicted octanol–water partition coefficient (Wildman–Crippen LogP) is 4.73. The molecule has 0 atom stereocenters. The highest BCUT2D eigenvalue weighted by Crippen LogP contribution is 2.21. The van der Waals surface area contributed by atoms with Crippen LogP contribution in [0, 0.1) is 6.92 Å². The van der Waals surface area contributed by atoms with Crippen LogP contribution in [0.1, 0.15) is 34.1 Å². The Bertz CT molecular complexity index is 989. The van der Waals surface area contributed by atoms with E-state index in [2.05, 4.69) is 15.6 Å². The number of Topliss-reactive ketones (excluding diaryl/α,β-unsaturated/α-hetero) is 1. The van der Waals surface area contributed by atoms with Gasteiger partial charge in [-0.25, -0.2) is 4.98 Å². The Hall–Kier alpha value is -3.25. The molecule has 3 rings (SSSR count). The molecule has 0 spiro atoms. The second-order valence-corrected chi connectivity index (χ2v) is 7.22. The molecule has 3 aromatic rings. The Morgan fingerprint density at radius 2 is 1.79 bits per heavy atom. The fourth-order valence-corrected chi connectivity index (χ4v) is 3.17. The van der Waals surface area contributed by atoms with Gasteiger partial charge >= 0.3 is 0 Å². The number of hydrogen-bond acceptors (Lipinski definition) is 5. The Morgan fingerprint density at radius 3 is 2.46 bits per heavy atom. The molecule has 28 heavy (non-hydrogen) atoms. The van der Waals surface area contributed by atoms with Crippen LogP contribution in [0.15, 0.2) is 60.0 Å². The van der Waals surface area contributed by atoms with E-state index < -0.39 is 0 Å². The SMILES string of the molecule is CC(=O)c1ccc(Nc2nc(CNC(=O)/C=C/c3ccc(C)cc3)cs2)cc1. The number of carbonyl (C=O) groups excluding carboxylic acids is 2. The van der Waals surface area contributed by atoms with E-state index in [0.717, 1.165) is 22.1 Å². The fraction of sp³-hybridized carbons (Fsp3) is 0.136. The molecule has 0 aliphatic rings. The average molecular weight is 391 g/mol. The lowest BCUT2D eigenvalue weighted by Crippen LogP contribution is -2.20. The number of anilines is 2. The largest absolute Gasteiger partial charge is 0.347 e. The van der Waals surface area contributed by atoms with Crippen LogP contribution in [0.5, 0.6) is 0 Å². The number of amides is 1. The van der Waals surface area contributed by atoms with E-state index in [4.69, 9.17) is 0 Å². The summed E-state index contributed by atoms with van der Waals surface area (Å²) in [6.45, 7) is 3.93. The van der Waals surface area contributed by atoms with Gasteiger partial charge in [0.2, 0.25) is 5.91 Å². The number of aryl methyl sites for hydroxylation is 1. The molecule has 0 fully saturated rings. The predicted molar refractivity (Wildman–Crippen MR) is 114 cm³/mol. The average Bonchev–Trinajstić information content (AvgIpc) is 3.13. The first-order valence-corrected chi connectivity index (χ1v) is 9.72. The Balaban J connectivity index is 1.50. The molecule has 0 aliphatic carbocycles. The van der Waals surface area contributed by atoms with Crippen molar-refractivity contribution in [2.24, 2.45) is 0 Å². The molecule has 0 saturated heterocycles. The van der Waals surface area contributed by atoms with Crippen molar-refractivity contribution in [3.63, 3.8) is 0 Å². The van der Waals surface area contributed by atoms with Gasteiger partial charge in [0.15, 0.2) is 10.9 Å². The first-order chi connectivity index (χ1) is 13.5. The normalized spacial score (nSPS) is 10.8. The van der Waals surface area contributed by atoms with Gasteiger partial charge < -0.3 is 10.6 Å². The van der Waals surface area contributed by atoms with Crippen molar-refractivity contribution in [2.45, 2.75) is 20.4 Å². The molecule has 142 valence electrons. The molecule has 0 aliphatic heterocycles. The number of rotatable bonds is 7. The Kier molecular flexibility index (Phi) is 6.34. The van der Waals surface area contributed by atoms with Crippen LogP contribution in [0.2, 0.25) is 0 Å². The van der Waals surface area contributed by atoms with Gasteiger partial charge in [0.25, 0.3) is 0 Å². The maximum atomic E-state index is 12.0. The number of nitrogens with zero attached hydrogens (tertiary/aromatic N) is 1. The summed E-state index contributed by atoms with van der Waals surface area (Å²) in [5.41, 5.74) is 4.48. The lowest BCUT2D eigenvalue weighted by Gasteiger charge is -2.03. The number of nitrogens with one attached hydrogen (secondary N) is 2. The van der Waals surface area contributed by atoms with Crippen molar-refractivity contribution in [2.75, 3.05) is 5.32 Å². The van der Waals surface area contributed by atoms with Crippen LogP contribution in [0.4, 0.5) is 10.8 Å². The molecule has 0 unspecified atom stereocenters. The van der Waals surface area contributed by atoms with E-state index in [1.807, 2.05) is 48.7 Å². The third-order valence-corrected chi connectivity index (χ3v) is 4.85. The van der Waals surface area contributed by atoms with E-state index in [1.165, 1.54) is 23.0 Å². The quantitative estimate of drug-likeness (QED) is 0.451. The molecule has 1 heterocycles. The molecule has 5 nitrogen and oxygen atoms in total. The van der Waals surface area contributed by atoms with E-state index in [1.54, 1.807) is 25.1 Å². The minimum absolute atomic E-state index is 0.0373. The van der Waals surface area contributed by atoms with Crippen LogP contribution in [0.3, 0.4) is 0 Å². The summed E-state index contributed by atoms with van der Waals surface area (Å²) in [5.74, 6) is -0.127. The van der Waals surface area contributed by atoms with E-state index in [0.29, 0.717) is 12.1 Å². The standard InChI is InChI=1S/C22H21N3O2S/c1-15-3-5-17(6-4-15)7-12-21(27)23-13-20-14-28-22(25-20)24-19-10-8-18(9-11-19)16(2)26/h3-12,14H,13H2,1-2H3,(H,23,27)(H,24,25)/b12-7+. The number of aromatic nitrogens is 1. The first-order valence-electron chi connectivity index (χ1n) is 8.84. The van der Waals surface area contributed by atoms with Crippen LogP contribution in [-0.2, 0) is 11.3 Å². The van der Waals surface area contributed by atoms with Gasteiger partial charge in [-0.3, -0.25) is 9.59 Å². The van der Waals surface area contributed by atoms with Gasteiger partial charge in [-0.05, 0) is 49.8 Å². The van der Waals surface area contributed by atoms with Crippen molar-refractivity contribution in [3.05, 3.63) is 82.4 Å². The zero-order valence-corrected chi connectivity index (χ0v) is 16.5. The van der Waals surface area contributed by atoms with E-state index in [9.17, 15) is 9.59 Å². The third-order valence-electron chi connectivity index (χ3n) is 4.04. The van der Waals surface area contributed by atoms with Gasteiger partial charge in [-0.1, -0.05) is 29.8 Å². The molecule has 2 aromatic carbocycles. The van der Waals surface area contributed by atoms with E-state index >= 15 is 0 Å². The van der Waals surface area contributed by atoms with Crippen molar-refractivity contribution < 1.29 is 9.59 Å². The monoisotopic (exact) mass is 391 g/mol. The Labute approximate surface area is 168 Å². The van der Waals surface area contributed by atoms with Crippen LogP contribution in [0.25, 0.3) is 6.08 Å². The zero-order chi connectivity index (χ0) is 19.9. The second kappa shape index (κ2) is 9.10. The molecule has 0 bridgehead atoms. The lowest BCUT2D eigenvalue weighted by molar-refractivity contribution is -0.116. The highest BCUT2D eigenvalue weighted by Gasteiger charge is 2.05. The second-order valence-electron chi connectivity index (χ2n) is 6.36. The smallest absolute Gasteiger partial charge is 0.244 e. The molecule has 1 amide bonds. The van der Waals surface area contributed by atoms with Crippen LogP contribution in [-0.4, -0.2) is 16.7 Å². The summed E-state index contributed by atoms with van der Waals surface area (Å²) in [7, 11) is 0. The lowest BCUT2D eigenvalue weighted by atomic mass is 10.1. The minimum atomic E-state index is -0.164.